The zero-order valence-electron chi connectivity index (χ0n) is 24.5. The standard InChI is InChI=1S/C32H34N6O5/c1-37(2)20-34-31-35-29-28(30(40)36-31)33-21-38(29)18-25(39)19-43-32(22-8-6-5-7-9-22,23-10-14-26(41-3)15-11-23)24-12-16-27(42-4)17-13-24/h5-17,20-21,25,39H,18-19H2,1-4H3,(H,35,36,40). The van der Waals surface area contributed by atoms with Crippen LogP contribution in [0.4, 0.5) is 5.95 Å². The molecule has 0 saturated carbocycles. The predicted octanol–water partition coefficient (Wildman–Crippen LogP) is 3.73. The lowest BCUT2D eigenvalue weighted by atomic mass is 9.80. The first kappa shape index (κ1) is 29.5. The number of hydrogen-bond acceptors (Lipinski definition) is 8. The Morgan fingerprint density at radius 3 is 2.09 bits per heavy atom. The lowest BCUT2D eigenvalue weighted by molar-refractivity contribution is -0.0421. The van der Waals surface area contributed by atoms with Gasteiger partial charge in [-0.25, -0.2) is 9.98 Å². The summed E-state index contributed by atoms with van der Waals surface area (Å²) in [5.74, 6) is 1.56. The van der Waals surface area contributed by atoms with Crippen molar-refractivity contribution in [2.45, 2.75) is 18.2 Å². The third-order valence-electron chi connectivity index (χ3n) is 6.95. The van der Waals surface area contributed by atoms with Gasteiger partial charge in [0.1, 0.15) is 17.1 Å². The molecule has 43 heavy (non-hydrogen) atoms. The number of aliphatic hydroxyl groups excluding tert-OH is 1. The second-order valence-electron chi connectivity index (χ2n) is 10.1. The molecule has 0 bridgehead atoms. The van der Waals surface area contributed by atoms with Crippen LogP contribution >= 0.6 is 0 Å². The van der Waals surface area contributed by atoms with Crippen LogP contribution in [0.2, 0.25) is 0 Å². The fourth-order valence-corrected chi connectivity index (χ4v) is 4.88. The van der Waals surface area contributed by atoms with Gasteiger partial charge in [-0.3, -0.25) is 9.78 Å². The summed E-state index contributed by atoms with van der Waals surface area (Å²) in [5, 5.41) is 11.3. The lowest BCUT2D eigenvalue weighted by Gasteiger charge is -2.36. The molecule has 0 fully saturated rings. The molecule has 0 amide bonds. The molecule has 0 aliphatic heterocycles. The number of hydrogen-bond donors (Lipinski definition) is 2. The average molecular weight is 583 g/mol. The number of aromatic amines is 1. The molecule has 0 spiro atoms. The molecule has 0 aliphatic rings. The van der Waals surface area contributed by atoms with Crippen LogP contribution in [-0.2, 0) is 16.9 Å². The minimum absolute atomic E-state index is 0.0541. The zero-order chi connectivity index (χ0) is 30.4. The molecule has 222 valence electrons. The summed E-state index contributed by atoms with van der Waals surface area (Å²) in [6.45, 7) is 0.0291. The molecule has 1 unspecified atom stereocenters. The van der Waals surface area contributed by atoms with E-state index < -0.39 is 17.3 Å². The van der Waals surface area contributed by atoms with E-state index in [-0.39, 0.29) is 24.6 Å². The quantitative estimate of drug-likeness (QED) is 0.129. The second-order valence-corrected chi connectivity index (χ2v) is 10.1. The van der Waals surface area contributed by atoms with Crippen molar-refractivity contribution in [1.82, 2.24) is 24.4 Å². The van der Waals surface area contributed by atoms with Gasteiger partial charge in [-0.05, 0) is 41.0 Å². The van der Waals surface area contributed by atoms with Crippen molar-refractivity contribution < 1.29 is 19.3 Å². The van der Waals surface area contributed by atoms with Crippen molar-refractivity contribution in [3.05, 3.63) is 112 Å². The number of imidazole rings is 1. The third-order valence-corrected chi connectivity index (χ3v) is 6.95. The molecule has 5 rings (SSSR count). The number of fused-ring (bicyclic) bond motifs is 1. The molecule has 0 radical (unpaired) electrons. The van der Waals surface area contributed by atoms with Gasteiger partial charge >= 0.3 is 0 Å². The van der Waals surface area contributed by atoms with E-state index in [1.54, 1.807) is 23.7 Å². The summed E-state index contributed by atoms with van der Waals surface area (Å²) in [5.41, 5.74) is 1.55. The monoisotopic (exact) mass is 582 g/mol. The molecule has 2 heterocycles. The highest BCUT2D eigenvalue weighted by molar-refractivity contribution is 5.71. The summed E-state index contributed by atoms with van der Waals surface area (Å²) < 4.78 is 19.2. The maximum Gasteiger partial charge on any atom is 0.280 e. The average Bonchev–Trinajstić information content (AvgIpc) is 3.44. The number of aromatic nitrogens is 4. The van der Waals surface area contributed by atoms with Crippen molar-refractivity contribution in [2.24, 2.45) is 4.99 Å². The first-order valence-corrected chi connectivity index (χ1v) is 13.7. The molecule has 11 heteroatoms. The van der Waals surface area contributed by atoms with E-state index in [4.69, 9.17) is 14.2 Å². The van der Waals surface area contributed by atoms with Gasteiger partial charge in [0.25, 0.3) is 5.56 Å². The summed E-state index contributed by atoms with van der Waals surface area (Å²) in [6.07, 6.45) is 2.04. The summed E-state index contributed by atoms with van der Waals surface area (Å²) in [6, 6.07) is 25.2. The molecule has 11 nitrogen and oxygen atoms in total. The van der Waals surface area contributed by atoms with Crippen LogP contribution in [-0.4, -0.2) is 76.9 Å². The number of nitrogens with one attached hydrogen (secondary N) is 1. The molecule has 5 aromatic rings. The van der Waals surface area contributed by atoms with Crippen molar-refractivity contribution in [1.29, 1.82) is 0 Å². The smallest absolute Gasteiger partial charge is 0.280 e. The van der Waals surface area contributed by atoms with Crippen LogP contribution in [0, 0.1) is 0 Å². The molecule has 3 aromatic carbocycles. The SMILES string of the molecule is COc1ccc(C(OCC(O)Cn2cnc3c(=O)[nH]c(N=CN(C)C)nc32)(c2ccccc2)c2ccc(OC)cc2)cc1. The number of rotatable bonds is 12. The second kappa shape index (κ2) is 12.9. The Morgan fingerprint density at radius 1 is 0.953 bits per heavy atom. The lowest BCUT2D eigenvalue weighted by Crippen LogP contribution is -2.36. The molecular weight excluding hydrogens is 548 g/mol. The van der Waals surface area contributed by atoms with Gasteiger partial charge in [0, 0.05) is 14.1 Å². The van der Waals surface area contributed by atoms with Crippen LogP contribution in [0.1, 0.15) is 16.7 Å². The van der Waals surface area contributed by atoms with E-state index >= 15 is 0 Å². The topological polar surface area (TPSA) is 127 Å². The fourth-order valence-electron chi connectivity index (χ4n) is 4.88. The fraction of sp³-hybridized carbons (Fsp3) is 0.250. The Balaban J connectivity index is 1.51. The molecule has 1 atom stereocenters. The summed E-state index contributed by atoms with van der Waals surface area (Å²) in [7, 11) is 6.87. The van der Waals surface area contributed by atoms with Crippen LogP contribution < -0.4 is 15.0 Å². The normalized spacial score (nSPS) is 12.5. The van der Waals surface area contributed by atoms with Crippen LogP contribution in [0.15, 0.2) is 95.0 Å². The van der Waals surface area contributed by atoms with Crippen LogP contribution in [0.5, 0.6) is 11.5 Å². The molecule has 0 aliphatic carbocycles. The van der Waals surface area contributed by atoms with Crippen LogP contribution in [0.25, 0.3) is 11.2 Å². The predicted molar refractivity (Wildman–Crippen MR) is 164 cm³/mol. The van der Waals surface area contributed by atoms with E-state index in [1.807, 2.05) is 93.0 Å². The largest absolute Gasteiger partial charge is 0.497 e. The Kier molecular flexibility index (Phi) is 8.84. The van der Waals surface area contributed by atoms with Crippen molar-refractivity contribution in [3.63, 3.8) is 0 Å². The Hall–Kier alpha value is -5.00. The van der Waals surface area contributed by atoms with Gasteiger partial charge in [0.05, 0.1) is 46.1 Å². The highest BCUT2D eigenvalue weighted by atomic mass is 16.5. The van der Waals surface area contributed by atoms with E-state index in [0.717, 1.165) is 16.7 Å². The van der Waals surface area contributed by atoms with Gasteiger partial charge in [-0.1, -0.05) is 54.6 Å². The molecule has 2 aromatic heterocycles. The number of nitrogens with zero attached hydrogens (tertiary/aromatic N) is 5. The minimum Gasteiger partial charge on any atom is -0.497 e. The van der Waals surface area contributed by atoms with Crippen molar-refractivity contribution in [3.8, 4) is 11.5 Å². The van der Waals surface area contributed by atoms with E-state index in [0.29, 0.717) is 17.1 Å². The van der Waals surface area contributed by atoms with E-state index in [1.165, 1.54) is 12.7 Å². The summed E-state index contributed by atoms with van der Waals surface area (Å²) in [4.78, 5) is 29.8. The van der Waals surface area contributed by atoms with Gasteiger partial charge in [0.2, 0.25) is 5.95 Å². The zero-order valence-corrected chi connectivity index (χ0v) is 24.5. The maximum absolute atomic E-state index is 12.6. The number of benzene rings is 3. The first-order chi connectivity index (χ1) is 20.8. The maximum atomic E-state index is 12.6. The molecule has 2 N–H and O–H groups in total. The Morgan fingerprint density at radius 2 is 1.53 bits per heavy atom. The van der Waals surface area contributed by atoms with Crippen molar-refractivity contribution in [2.75, 3.05) is 34.9 Å². The van der Waals surface area contributed by atoms with Gasteiger partial charge in [0.15, 0.2) is 11.2 Å². The molecule has 0 saturated heterocycles. The third kappa shape index (κ3) is 6.27. The van der Waals surface area contributed by atoms with Crippen LogP contribution in [0.3, 0.4) is 0 Å². The number of methoxy groups -OCH3 is 2. The summed E-state index contributed by atoms with van der Waals surface area (Å²) >= 11 is 0. The Labute approximate surface area is 249 Å². The Bertz CT molecular complexity index is 1680. The van der Waals surface area contributed by atoms with Gasteiger partial charge < -0.3 is 28.8 Å². The number of H-pyrrole nitrogens is 1. The highest BCUT2D eigenvalue weighted by Gasteiger charge is 2.38. The van der Waals surface area contributed by atoms with E-state index in [9.17, 15) is 9.90 Å². The highest BCUT2D eigenvalue weighted by Crippen LogP contribution is 2.41. The van der Waals surface area contributed by atoms with Gasteiger partial charge in [-0.15, -0.1) is 0 Å². The number of aliphatic hydroxyl groups is 1. The van der Waals surface area contributed by atoms with Gasteiger partial charge in [-0.2, -0.15) is 4.98 Å². The first-order valence-electron chi connectivity index (χ1n) is 13.7. The van der Waals surface area contributed by atoms with Crippen molar-refractivity contribution >= 4 is 23.5 Å². The number of aliphatic imine (C=N–C) groups is 1. The van der Waals surface area contributed by atoms with E-state index in [2.05, 4.69) is 19.9 Å². The minimum atomic E-state index is -1.08. The number of ether oxygens (including phenoxy) is 3. The molecular formula is C32H34N6O5.